The predicted octanol–water partition coefficient (Wildman–Crippen LogP) is 2.50. The molecule has 7 nitrogen and oxygen atoms in total. The molecular weight excluding hydrogens is 377 g/mol. The van der Waals surface area contributed by atoms with E-state index in [-0.39, 0.29) is 37.3 Å². The zero-order valence-electron chi connectivity index (χ0n) is 13.9. The molecule has 138 valence electrons. The molecule has 0 atom stereocenters. The summed E-state index contributed by atoms with van der Waals surface area (Å²) < 4.78 is 7.51. The molecule has 4 rings (SSSR count). The first-order valence-corrected chi connectivity index (χ1v) is 7.82. The summed E-state index contributed by atoms with van der Waals surface area (Å²) in [5.41, 5.74) is 6.55. The van der Waals surface area contributed by atoms with Gasteiger partial charge in [0.25, 0.3) is 5.91 Å². The number of rotatable bonds is 3. The number of carbonyl (C=O) groups excluding carboxylic acids is 1. The van der Waals surface area contributed by atoms with Crippen LogP contribution >= 0.6 is 24.8 Å². The number of nitrogens with two attached hydrogens (primary N) is 1. The van der Waals surface area contributed by atoms with E-state index < -0.39 is 0 Å². The predicted molar refractivity (Wildman–Crippen MR) is 101 cm³/mol. The van der Waals surface area contributed by atoms with Gasteiger partial charge in [-0.3, -0.25) is 4.79 Å². The Morgan fingerprint density at radius 2 is 1.85 bits per heavy atom. The van der Waals surface area contributed by atoms with Crippen molar-refractivity contribution < 1.29 is 9.21 Å². The fourth-order valence-electron chi connectivity index (χ4n) is 2.89. The second kappa shape index (κ2) is 8.35. The lowest BCUT2D eigenvalue weighted by atomic mass is 10.2. The summed E-state index contributed by atoms with van der Waals surface area (Å²) in [5, 5.41) is 8.54. The van der Waals surface area contributed by atoms with Crippen LogP contribution in [0.2, 0.25) is 0 Å². The highest BCUT2D eigenvalue weighted by Crippen LogP contribution is 2.22. The molecule has 2 aromatic heterocycles. The summed E-state index contributed by atoms with van der Waals surface area (Å²) in [6.07, 6.45) is 0. The molecule has 0 saturated heterocycles. The Balaban J connectivity index is 0.00000121. The van der Waals surface area contributed by atoms with Crippen LogP contribution in [0.15, 0.2) is 46.9 Å². The largest absolute Gasteiger partial charge is 0.455 e. The van der Waals surface area contributed by atoms with Gasteiger partial charge in [0.15, 0.2) is 17.4 Å². The molecule has 2 N–H and O–H groups in total. The first-order valence-electron chi connectivity index (χ1n) is 7.82. The van der Waals surface area contributed by atoms with Crippen molar-refractivity contribution in [2.75, 3.05) is 6.54 Å². The lowest BCUT2D eigenvalue weighted by molar-refractivity contribution is 0.0673. The lowest BCUT2D eigenvalue weighted by Gasteiger charge is -2.27. The lowest BCUT2D eigenvalue weighted by Crippen LogP contribution is -2.38. The van der Waals surface area contributed by atoms with Gasteiger partial charge in [0.1, 0.15) is 5.76 Å². The smallest absolute Gasteiger partial charge is 0.290 e. The van der Waals surface area contributed by atoms with Crippen LogP contribution in [0.25, 0.3) is 11.4 Å². The molecule has 0 saturated carbocycles. The normalized spacial score (nSPS) is 12.7. The van der Waals surface area contributed by atoms with E-state index in [1.165, 1.54) is 0 Å². The third kappa shape index (κ3) is 3.60. The van der Waals surface area contributed by atoms with E-state index in [1.807, 2.05) is 30.3 Å². The van der Waals surface area contributed by atoms with Gasteiger partial charge in [-0.05, 0) is 12.1 Å². The van der Waals surface area contributed by atoms with Gasteiger partial charge >= 0.3 is 0 Å². The van der Waals surface area contributed by atoms with E-state index in [0.29, 0.717) is 31.2 Å². The van der Waals surface area contributed by atoms with Crippen LogP contribution in [-0.2, 0) is 19.6 Å². The van der Waals surface area contributed by atoms with Gasteiger partial charge in [-0.1, -0.05) is 30.3 Å². The summed E-state index contributed by atoms with van der Waals surface area (Å²) in [4.78, 5) is 14.3. The third-order valence-corrected chi connectivity index (χ3v) is 4.15. The van der Waals surface area contributed by atoms with Gasteiger partial charge in [0, 0.05) is 18.7 Å². The number of aromatic nitrogens is 3. The highest BCUT2D eigenvalue weighted by atomic mass is 35.5. The van der Waals surface area contributed by atoms with Crippen LogP contribution in [0.4, 0.5) is 0 Å². The third-order valence-electron chi connectivity index (χ3n) is 4.15. The minimum atomic E-state index is -0.148. The Kier molecular flexibility index (Phi) is 6.42. The number of hydrogen-bond donors (Lipinski definition) is 1. The minimum Gasteiger partial charge on any atom is -0.455 e. The van der Waals surface area contributed by atoms with Crippen molar-refractivity contribution in [2.45, 2.75) is 19.6 Å². The maximum absolute atomic E-state index is 12.5. The van der Waals surface area contributed by atoms with Gasteiger partial charge in [-0.15, -0.1) is 35.0 Å². The molecule has 0 bridgehead atoms. The Morgan fingerprint density at radius 1 is 1.08 bits per heavy atom. The van der Waals surface area contributed by atoms with E-state index >= 15 is 0 Å². The molecule has 26 heavy (non-hydrogen) atoms. The first kappa shape index (κ1) is 20.0. The van der Waals surface area contributed by atoms with Crippen molar-refractivity contribution >= 4 is 30.7 Å². The quantitative estimate of drug-likeness (QED) is 0.735. The van der Waals surface area contributed by atoms with E-state index in [2.05, 4.69) is 14.8 Å². The molecule has 0 unspecified atom stereocenters. The van der Waals surface area contributed by atoms with Crippen molar-refractivity contribution in [3.63, 3.8) is 0 Å². The molecule has 0 radical (unpaired) electrons. The second-order valence-corrected chi connectivity index (χ2v) is 5.65. The number of hydrogen-bond acceptors (Lipinski definition) is 5. The standard InChI is InChI=1S/C17H17N5O2.2ClH/c18-10-13-6-7-14(24-13)17(23)21-8-9-22-15(11-21)19-20-16(22)12-4-2-1-3-5-12;;/h1-7H,8-11,18H2;2*1H. The summed E-state index contributed by atoms with van der Waals surface area (Å²) >= 11 is 0. The van der Waals surface area contributed by atoms with Crippen LogP contribution in [0.5, 0.6) is 0 Å². The molecule has 3 heterocycles. The molecule has 0 fully saturated rings. The van der Waals surface area contributed by atoms with E-state index in [4.69, 9.17) is 10.2 Å². The summed E-state index contributed by atoms with van der Waals surface area (Å²) in [6, 6.07) is 13.3. The fourth-order valence-corrected chi connectivity index (χ4v) is 2.89. The highest BCUT2D eigenvalue weighted by molar-refractivity contribution is 5.91. The molecule has 0 spiro atoms. The van der Waals surface area contributed by atoms with Crippen molar-refractivity contribution in [3.8, 4) is 11.4 Å². The second-order valence-electron chi connectivity index (χ2n) is 5.65. The molecule has 1 amide bonds. The Morgan fingerprint density at radius 3 is 2.54 bits per heavy atom. The van der Waals surface area contributed by atoms with Gasteiger partial charge in [-0.2, -0.15) is 0 Å². The average Bonchev–Trinajstić information content (AvgIpc) is 3.28. The number of fused-ring (bicyclic) bond motifs is 1. The van der Waals surface area contributed by atoms with Gasteiger partial charge in [0.2, 0.25) is 0 Å². The summed E-state index contributed by atoms with van der Waals surface area (Å²) in [7, 11) is 0. The van der Waals surface area contributed by atoms with Crippen molar-refractivity contribution in [1.82, 2.24) is 19.7 Å². The molecule has 1 aliphatic heterocycles. The monoisotopic (exact) mass is 395 g/mol. The van der Waals surface area contributed by atoms with Gasteiger partial charge in [-0.25, -0.2) is 0 Å². The molecule has 9 heteroatoms. The average molecular weight is 396 g/mol. The number of amides is 1. The minimum absolute atomic E-state index is 0. The Hall–Kier alpha value is -2.35. The summed E-state index contributed by atoms with van der Waals surface area (Å²) in [5.74, 6) is 2.38. The maximum atomic E-state index is 12.5. The highest BCUT2D eigenvalue weighted by Gasteiger charge is 2.27. The van der Waals surface area contributed by atoms with Crippen molar-refractivity contribution in [2.24, 2.45) is 5.73 Å². The molecule has 1 aromatic carbocycles. The molecular formula is C17H19Cl2N5O2. The zero-order chi connectivity index (χ0) is 16.5. The Labute approximate surface area is 163 Å². The van der Waals surface area contributed by atoms with Crippen molar-refractivity contribution in [1.29, 1.82) is 0 Å². The van der Waals surface area contributed by atoms with E-state index in [0.717, 1.165) is 17.2 Å². The number of halogens is 2. The number of benzene rings is 1. The van der Waals surface area contributed by atoms with E-state index in [1.54, 1.807) is 17.0 Å². The van der Waals surface area contributed by atoms with Gasteiger partial charge in [0.05, 0.1) is 13.1 Å². The van der Waals surface area contributed by atoms with Crippen LogP contribution < -0.4 is 5.73 Å². The van der Waals surface area contributed by atoms with Crippen molar-refractivity contribution in [3.05, 3.63) is 59.8 Å². The number of nitrogens with zero attached hydrogens (tertiary/aromatic N) is 4. The number of furan rings is 1. The Bertz CT molecular complexity index is 878. The van der Waals surface area contributed by atoms with Crippen LogP contribution in [-0.4, -0.2) is 32.1 Å². The summed E-state index contributed by atoms with van der Waals surface area (Å²) in [6.45, 7) is 1.94. The molecule has 3 aromatic rings. The fraction of sp³-hybridized carbons (Fsp3) is 0.235. The number of carbonyl (C=O) groups is 1. The SMILES string of the molecule is Cl.Cl.NCc1ccc(C(=O)N2CCn3c(nnc3-c3ccccc3)C2)o1. The van der Waals surface area contributed by atoms with Crippen LogP contribution in [0.1, 0.15) is 22.1 Å². The topological polar surface area (TPSA) is 90.2 Å². The van der Waals surface area contributed by atoms with Gasteiger partial charge < -0.3 is 19.6 Å². The van der Waals surface area contributed by atoms with Crippen LogP contribution in [0, 0.1) is 0 Å². The first-order chi connectivity index (χ1) is 11.8. The maximum Gasteiger partial charge on any atom is 0.290 e. The molecule has 0 aliphatic carbocycles. The molecule has 1 aliphatic rings. The zero-order valence-corrected chi connectivity index (χ0v) is 15.5. The van der Waals surface area contributed by atoms with E-state index in [9.17, 15) is 4.79 Å². The van der Waals surface area contributed by atoms with Crippen LogP contribution in [0.3, 0.4) is 0 Å².